The second kappa shape index (κ2) is 5.53. The fraction of sp³-hybridized carbons (Fsp3) is 0.538. The van der Waals surface area contributed by atoms with E-state index in [4.69, 9.17) is 0 Å². The molecular weight excluding hydrogens is 344 g/mol. The topological polar surface area (TPSA) is 115 Å². The highest BCUT2D eigenvalue weighted by Crippen LogP contribution is 2.38. The maximum absolute atomic E-state index is 13.0. The number of hydrogen-bond acceptors (Lipinski definition) is 6. The summed E-state index contributed by atoms with van der Waals surface area (Å²) in [4.78, 5) is 10.0. The van der Waals surface area contributed by atoms with Gasteiger partial charge in [-0.2, -0.15) is 4.31 Å². The van der Waals surface area contributed by atoms with Gasteiger partial charge in [0.05, 0.1) is 16.4 Å². The Morgan fingerprint density at radius 2 is 1.78 bits per heavy atom. The van der Waals surface area contributed by atoms with Gasteiger partial charge in [0, 0.05) is 18.2 Å². The van der Waals surface area contributed by atoms with Gasteiger partial charge in [0.15, 0.2) is 14.7 Å². The van der Waals surface area contributed by atoms with Gasteiger partial charge >= 0.3 is 0 Å². The summed E-state index contributed by atoms with van der Waals surface area (Å²) in [6.45, 7) is 0. The summed E-state index contributed by atoms with van der Waals surface area (Å²) in [6.07, 6.45) is 1.53. The Balaban J connectivity index is 2.05. The third-order valence-electron chi connectivity index (χ3n) is 4.09. The molecule has 2 aliphatic rings. The Hall–Kier alpha value is -1.52. The third kappa shape index (κ3) is 3.10. The first-order valence-electron chi connectivity index (χ1n) is 7.20. The average molecular weight is 360 g/mol. The molecule has 0 unspecified atom stereocenters. The molecule has 126 valence electrons. The molecule has 2 fully saturated rings. The number of para-hydroxylation sites is 1. The van der Waals surface area contributed by atoms with Gasteiger partial charge in [-0.3, -0.25) is 10.1 Å². The van der Waals surface area contributed by atoms with Gasteiger partial charge in [-0.05, 0) is 25.3 Å². The lowest BCUT2D eigenvalue weighted by atomic mass is 10.2. The second-order valence-corrected chi connectivity index (χ2v) is 9.89. The quantitative estimate of drug-likeness (QED) is 0.570. The molecule has 0 spiro atoms. The van der Waals surface area contributed by atoms with Crippen LogP contribution in [0.1, 0.15) is 19.3 Å². The van der Waals surface area contributed by atoms with Crippen molar-refractivity contribution in [1.29, 1.82) is 0 Å². The molecule has 1 heterocycles. The molecule has 0 aromatic heterocycles. The van der Waals surface area contributed by atoms with Crippen molar-refractivity contribution in [3.8, 4) is 0 Å². The van der Waals surface area contributed by atoms with E-state index in [1.54, 1.807) is 0 Å². The first-order valence-corrected chi connectivity index (χ1v) is 10.5. The van der Waals surface area contributed by atoms with Crippen LogP contribution in [0, 0.1) is 10.1 Å². The van der Waals surface area contributed by atoms with Crippen molar-refractivity contribution in [1.82, 2.24) is 4.31 Å². The zero-order chi connectivity index (χ0) is 16.8. The SMILES string of the molecule is O=[N+]([O-])c1ccccc1S(=O)(=O)N(C1CC1)[C@H]1CCS(=O)(=O)C1. The van der Waals surface area contributed by atoms with E-state index in [1.165, 1.54) is 22.5 Å². The molecule has 3 rings (SSSR count). The maximum atomic E-state index is 13.0. The van der Waals surface area contributed by atoms with Crippen LogP contribution in [0.15, 0.2) is 29.2 Å². The Morgan fingerprint density at radius 1 is 1.13 bits per heavy atom. The Morgan fingerprint density at radius 3 is 2.30 bits per heavy atom. The highest BCUT2D eigenvalue weighted by atomic mass is 32.2. The molecule has 1 saturated carbocycles. The highest BCUT2D eigenvalue weighted by molar-refractivity contribution is 7.92. The van der Waals surface area contributed by atoms with Crippen LogP contribution in [0.25, 0.3) is 0 Å². The number of rotatable bonds is 5. The second-order valence-electron chi connectivity index (χ2n) is 5.85. The first-order chi connectivity index (χ1) is 10.7. The molecule has 23 heavy (non-hydrogen) atoms. The molecule has 1 aromatic rings. The normalized spacial score (nSPS) is 24.0. The maximum Gasteiger partial charge on any atom is 0.289 e. The molecule has 1 atom stereocenters. The summed E-state index contributed by atoms with van der Waals surface area (Å²) in [7, 11) is -7.38. The van der Waals surface area contributed by atoms with E-state index in [2.05, 4.69) is 0 Å². The number of sulfone groups is 1. The summed E-state index contributed by atoms with van der Waals surface area (Å²) >= 11 is 0. The Bertz CT molecular complexity index is 845. The van der Waals surface area contributed by atoms with Crippen molar-refractivity contribution in [2.24, 2.45) is 0 Å². The molecule has 0 N–H and O–H groups in total. The third-order valence-corrected chi connectivity index (χ3v) is 7.90. The van der Waals surface area contributed by atoms with Crippen LogP contribution >= 0.6 is 0 Å². The number of benzene rings is 1. The van der Waals surface area contributed by atoms with Gasteiger partial charge in [-0.15, -0.1) is 0 Å². The van der Waals surface area contributed by atoms with Gasteiger partial charge in [0.2, 0.25) is 10.0 Å². The van der Waals surface area contributed by atoms with Crippen molar-refractivity contribution < 1.29 is 21.8 Å². The average Bonchev–Trinajstić information content (AvgIpc) is 3.22. The molecule has 0 radical (unpaired) electrons. The lowest BCUT2D eigenvalue weighted by Crippen LogP contribution is -2.42. The van der Waals surface area contributed by atoms with E-state index in [0.717, 1.165) is 6.07 Å². The summed E-state index contributed by atoms with van der Waals surface area (Å²) in [5, 5.41) is 11.1. The molecular formula is C13H16N2O6S2. The van der Waals surface area contributed by atoms with Crippen molar-refractivity contribution in [3.05, 3.63) is 34.4 Å². The fourth-order valence-corrected chi connectivity index (χ4v) is 6.80. The molecule has 0 amide bonds. The summed E-state index contributed by atoms with van der Waals surface area (Å²) in [6, 6.07) is 4.26. The molecule has 1 aliphatic heterocycles. The van der Waals surface area contributed by atoms with Crippen LogP contribution in [0.5, 0.6) is 0 Å². The van der Waals surface area contributed by atoms with Crippen molar-refractivity contribution >= 4 is 25.5 Å². The largest absolute Gasteiger partial charge is 0.289 e. The summed E-state index contributed by atoms with van der Waals surface area (Å²) < 4.78 is 50.5. The summed E-state index contributed by atoms with van der Waals surface area (Å²) in [5.74, 6) is -0.267. The predicted molar refractivity (Wildman–Crippen MR) is 82.2 cm³/mol. The molecule has 8 nitrogen and oxygen atoms in total. The minimum Gasteiger partial charge on any atom is -0.258 e. The van der Waals surface area contributed by atoms with Crippen LogP contribution < -0.4 is 0 Å². The van der Waals surface area contributed by atoms with Crippen LogP contribution in [0.3, 0.4) is 0 Å². The van der Waals surface area contributed by atoms with Gasteiger partial charge in [-0.25, -0.2) is 16.8 Å². The van der Waals surface area contributed by atoms with Gasteiger partial charge in [0.1, 0.15) is 0 Å². The zero-order valence-corrected chi connectivity index (χ0v) is 13.8. The molecule has 0 bridgehead atoms. The van der Waals surface area contributed by atoms with E-state index >= 15 is 0 Å². The number of nitro groups is 1. The Labute approximate surface area is 134 Å². The van der Waals surface area contributed by atoms with E-state index in [-0.39, 0.29) is 28.9 Å². The van der Waals surface area contributed by atoms with Crippen LogP contribution in [0.2, 0.25) is 0 Å². The number of nitro benzene ring substituents is 1. The van der Waals surface area contributed by atoms with Crippen LogP contribution in [0.4, 0.5) is 5.69 Å². The van der Waals surface area contributed by atoms with Crippen molar-refractivity contribution in [2.75, 3.05) is 11.5 Å². The predicted octanol–water partition coefficient (Wildman–Crippen LogP) is 0.935. The standard InChI is InChI=1S/C13H16N2O6S2/c16-15(17)12-3-1-2-4-13(12)23(20,21)14(10-5-6-10)11-7-8-22(18,19)9-11/h1-4,10-11H,5-9H2/t11-/m0/s1. The fourth-order valence-electron chi connectivity index (χ4n) is 2.94. The lowest BCUT2D eigenvalue weighted by Gasteiger charge is -2.27. The molecule has 1 saturated heterocycles. The van der Waals surface area contributed by atoms with Gasteiger partial charge in [-0.1, -0.05) is 12.1 Å². The number of hydrogen-bond donors (Lipinski definition) is 0. The highest BCUT2D eigenvalue weighted by Gasteiger charge is 2.47. The van der Waals surface area contributed by atoms with Gasteiger partial charge in [0.25, 0.3) is 5.69 Å². The van der Waals surface area contributed by atoms with E-state index in [9.17, 15) is 26.9 Å². The smallest absolute Gasteiger partial charge is 0.258 e. The minimum absolute atomic E-state index is 0.0483. The van der Waals surface area contributed by atoms with E-state index in [0.29, 0.717) is 12.8 Å². The van der Waals surface area contributed by atoms with Crippen molar-refractivity contribution in [3.63, 3.8) is 0 Å². The van der Waals surface area contributed by atoms with Crippen LogP contribution in [-0.4, -0.2) is 49.7 Å². The van der Waals surface area contributed by atoms with Gasteiger partial charge < -0.3 is 0 Å². The zero-order valence-electron chi connectivity index (χ0n) is 12.2. The minimum atomic E-state index is -4.12. The lowest BCUT2D eigenvalue weighted by molar-refractivity contribution is -0.387. The molecule has 1 aliphatic carbocycles. The first kappa shape index (κ1) is 16.3. The monoisotopic (exact) mass is 360 g/mol. The Kier molecular flexibility index (Phi) is 3.93. The van der Waals surface area contributed by atoms with Crippen molar-refractivity contribution in [2.45, 2.75) is 36.2 Å². The van der Waals surface area contributed by atoms with Crippen LogP contribution in [-0.2, 0) is 19.9 Å². The molecule has 10 heteroatoms. The number of nitrogens with zero attached hydrogens (tertiary/aromatic N) is 2. The summed E-state index contributed by atoms with van der Waals surface area (Å²) in [5.41, 5.74) is -0.487. The molecule has 1 aromatic carbocycles. The van der Waals surface area contributed by atoms with E-state index in [1.807, 2.05) is 0 Å². The van der Waals surface area contributed by atoms with E-state index < -0.39 is 36.5 Å². The number of sulfonamides is 1.